The molecule has 4 nitrogen and oxygen atoms in total. The first-order valence-corrected chi connectivity index (χ1v) is 9.79. The van der Waals surface area contributed by atoms with Crippen molar-refractivity contribution in [3.8, 4) is 0 Å². The first kappa shape index (κ1) is 24.0. The number of aliphatic hydroxyl groups excluding tert-OH is 1. The van der Waals surface area contributed by atoms with Crippen LogP contribution in [0.3, 0.4) is 0 Å². The van der Waals surface area contributed by atoms with Crippen molar-refractivity contribution < 1.29 is 31.4 Å². The molecule has 3 aromatic rings. The molecule has 1 atom stereocenters. The van der Waals surface area contributed by atoms with E-state index in [1.54, 1.807) is 0 Å². The van der Waals surface area contributed by atoms with Crippen LogP contribution >= 0.6 is 0 Å². The number of benzene rings is 2. The van der Waals surface area contributed by atoms with Gasteiger partial charge in [0.1, 0.15) is 5.69 Å². The lowest BCUT2D eigenvalue weighted by Gasteiger charge is -2.19. The Hall–Kier alpha value is -2.69. The Morgan fingerprint density at radius 2 is 1.53 bits per heavy atom. The SMILES string of the molecule is OC(CNCCNCc1ccccc1)c1cc(C(F)(F)F)nc2c(C(F)(F)F)cccc12. The van der Waals surface area contributed by atoms with Crippen LogP contribution in [0.1, 0.15) is 28.5 Å². The molecule has 0 aliphatic rings. The number of hydrogen-bond donors (Lipinski definition) is 3. The van der Waals surface area contributed by atoms with Crippen LogP contribution in [0, 0.1) is 0 Å². The van der Waals surface area contributed by atoms with Crippen molar-refractivity contribution in [1.82, 2.24) is 15.6 Å². The molecule has 0 saturated heterocycles. The maximum atomic E-state index is 13.3. The fourth-order valence-corrected chi connectivity index (χ4v) is 3.28. The molecule has 32 heavy (non-hydrogen) atoms. The number of alkyl halides is 6. The maximum absolute atomic E-state index is 13.3. The lowest BCUT2D eigenvalue weighted by atomic mass is 9.99. The lowest BCUT2D eigenvalue weighted by Crippen LogP contribution is -2.30. The van der Waals surface area contributed by atoms with E-state index in [0.717, 1.165) is 11.6 Å². The van der Waals surface area contributed by atoms with E-state index in [4.69, 9.17) is 0 Å². The summed E-state index contributed by atoms with van der Waals surface area (Å²) in [5, 5.41) is 16.4. The van der Waals surface area contributed by atoms with E-state index >= 15 is 0 Å². The van der Waals surface area contributed by atoms with Gasteiger partial charge in [0.05, 0.1) is 17.2 Å². The molecule has 0 amide bonds. The maximum Gasteiger partial charge on any atom is 0.433 e. The number of pyridine rings is 1. The van der Waals surface area contributed by atoms with Gasteiger partial charge in [0.2, 0.25) is 0 Å². The van der Waals surface area contributed by atoms with Crippen LogP contribution in [0.5, 0.6) is 0 Å². The highest BCUT2D eigenvalue weighted by Crippen LogP contribution is 2.38. The third-order valence-electron chi connectivity index (χ3n) is 4.81. The Balaban J connectivity index is 1.73. The Morgan fingerprint density at radius 1 is 0.844 bits per heavy atom. The molecular formula is C22H21F6N3O. The number of halogens is 6. The summed E-state index contributed by atoms with van der Waals surface area (Å²) in [5.74, 6) is 0. The molecule has 0 fully saturated rings. The van der Waals surface area contributed by atoms with E-state index in [2.05, 4.69) is 15.6 Å². The second-order valence-electron chi connectivity index (χ2n) is 7.18. The Kier molecular flexibility index (Phi) is 7.37. The first-order chi connectivity index (χ1) is 15.1. The predicted molar refractivity (Wildman–Crippen MR) is 108 cm³/mol. The van der Waals surface area contributed by atoms with Crippen molar-refractivity contribution in [3.05, 3.63) is 77.0 Å². The molecule has 3 N–H and O–H groups in total. The van der Waals surface area contributed by atoms with Crippen molar-refractivity contribution in [2.75, 3.05) is 19.6 Å². The Morgan fingerprint density at radius 3 is 2.19 bits per heavy atom. The zero-order chi connectivity index (χ0) is 23.4. The highest BCUT2D eigenvalue weighted by atomic mass is 19.4. The summed E-state index contributed by atoms with van der Waals surface area (Å²) in [7, 11) is 0. The average Bonchev–Trinajstić information content (AvgIpc) is 2.74. The molecule has 172 valence electrons. The van der Waals surface area contributed by atoms with Crippen LogP contribution in [0.25, 0.3) is 10.9 Å². The van der Waals surface area contributed by atoms with Crippen LogP contribution < -0.4 is 10.6 Å². The zero-order valence-electron chi connectivity index (χ0n) is 16.8. The summed E-state index contributed by atoms with van der Waals surface area (Å²) in [6.07, 6.45) is -11.3. The van der Waals surface area contributed by atoms with Gasteiger partial charge in [-0.15, -0.1) is 0 Å². The number of para-hydroxylation sites is 1. The quantitative estimate of drug-likeness (QED) is 0.340. The van der Waals surface area contributed by atoms with Gasteiger partial charge < -0.3 is 15.7 Å². The highest BCUT2D eigenvalue weighted by Gasteiger charge is 2.37. The van der Waals surface area contributed by atoms with E-state index in [9.17, 15) is 31.4 Å². The van der Waals surface area contributed by atoms with Crippen LogP contribution in [0.15, 0.2) is 54.6 Å². The van der Waals surface area contributed by atoms with Crippen molar-refractivity contribution in [3.63, 3.8) is 0 Å². The molecule has 0 aliphatic carbocycles. The normalized spacial score (nSPS) is 13.5. The van der Waals surface area contributed by atoms with Gasteiger partial charge >= 0.3 is 12.4 Å². The number of hydrogen-bond acceptors (Lipinski definition) is 4. The van der Waals surface area contributed by atoms with Gasteiger partial charge in [-0.05, 0) is 23.3 Å². The number of aliphatic hydroxyl groups is 1. The molecule has 0 saturated carbocycles. The molecule has 10 heteroatoms. The minimum Gasteiger partial charge on any atom is -0.387 e. The minimum absolute atomic E-state index is 0.139. The van der Waals surface area contributed by atoms with Crippen LogP contribution in [0.2, 0.25) is 0 Å². The van der Waals surface area contributed by atoms with Crippen molar-refractivity contribution in [2.45, 2.75) is 25.0 Å². The van der Waals surface area contributed by atoms with Gasteiger partial charge in [0.15, 0.2) is 0 Å². The molecule has 1 unspecified atom stereocenters. The predicted octanol–water partition coefficient (Wildman–Crippen LogP) is 4.69. The van der Waals surface area contributed by atoms with Gasteiger partial charge in [-0.3, -0.25) is 0 Å². The standard InChI is InChI=1S/C22H21F6N3O/c23-21(24,25)17-8-4-7-15-16(11-19(22(26,27)28)31-20(15)17)18(32)13-30-10-9-29-12-14-5-2-1-3-6-14/h1-8,11,18,29-30,32H,9-10,12-13H2. The first-order valence-electron chi connectivity index (χ1n) is 9.79. The van der Waals surface area contributed by atoms with Crippen molar-refractivity contribution in [1.29, 1.82) is 0 Å². The number of nitrogens with zero attached hydrogens (tertiary/aromatic N) is 1. The third kappa shape index (κ3) is 5.96. The largest absolute Gasteiger partial charge is 0.433 e. The molecule has 0 spiro atoms. The van der Waals surface area contributed by atoms with Crippen LogP contribution in [-0.4, -0.2) is 29.7 Å². The monoisotopic (exact) mass is 457 g/mol. The lowest BCUT2D eigenvalue weighted by molar-refractivity contribution is -0.142. The number of nitrogens with one attached hydrogen (secondary N) is 2. The van der Waals surface area contributed by atoms with E-state index < -0.39 is 35.2 Å². The molecule has 0 radical (unpaired) electrons. The second kappa shape index (κ2) is 9.85. The number of fused-ring (bicyclic) bond motifs is 1. The molecule has 1 aromatic heterocycles. The van der Waals surface area contributed by atoms with Crippen LogP contribution in [0.4, 0.5) is 26.3 Å². The van der Waals surface area contributed by atoms with E-state index in [-0.39, 0.29) is 17.5 Å². The molecule has 1 heterocycles. The smallest absolute Gasteiger partial charge is 0.387 e. The van der Waals surface area contributed by atoms with E-state index in [1.807, 2.05) is 30.3 Å². The van der Waals surface area contributed by atoms with Gasteiger partial charge in [-0.2, -0.15) is 26.3 Å². The number of rotatable bonds is 8. The Bertz CT molecular complexity index is 1040. The van der Waals surface area contributed by atoms with Gasteiger partial charge in [0.25, 0.3) is 0 Å². The average molecular weight is 457 g/mol. The highest BCUT2D eigenvalue weighted by molar-refractivity contribution is 5.86. The summed E-state index contributed by atoms with van der Waals surface area (Å²) >= 11 is 0. The summed E-state index contributed by atoms with van der Waals surface area (Å²) in [6.45, 7) is 1.40. The fraction of sp³-hybridized carbons (Fsp3) is 0.318. The Labute approximate surface area is 180 Å². The molecule has 0 bridgehead atoms. The van der Waals surface area contributed by atoms with Crippen molar-refractivity contribution >= 4 is 10.9 Å². The summed E-state index contributed by atoms with van der Waals surface area (Å²) < 4.78 is 79.8. The summed E-state index contributed by atoms with van der Waals surface area (Å²) in [4.78, 5) is 3.22. The van der Waals surface area contributed by atoms with Crippen LogP contribution in [-0.2, 0) is 18.9 Å². The van der Waals surface area contributed by atoms with Gasteiger partial charge in [-0.25, -0.2) is 4.98 Å². The van der Waals surface area contributed by atoms with Gasteiger partial charge in [-0.1, -0.05) is 42.5 Å². The second-order valence-corrected chi connectivity index (χ2v) is 7.18. The minimum atomic E-state index is -4.96. The summed E-state index contributed by atoms with van der Waals surface area (Å²) in [6, 6.07) is 13.2. The van der Waals surface area contributed by atoms with E-state index in [0.29, 0.717) is 31.8 Å². The summed E-state index contributed by atoms with van der Waals surface area (Å²) in [5.41, 5.74) is -2.80. The molecule has 2 aromatic carbocycles. The topological polar surface area (TPSA) is 57.2 Å². The molecule has 3 rings (SSSR count). The van der Waals surface area contributed by atoms with E-state index in [1.165, 1.54) is 6.07 Å². The zero-order valence-corrected chi connectivity index (χ0v) is 16.8. The fourth-order valence-electron chi connectivity index (χ4n) is 3.28. The molecule has 0 aliphatic heterocycles. The van der Waals surface area contributed by atoms with Crippen molar-refractivity contribution in [2.24, 2.45) is 0 Å². The third-order valence-corrected chi connectivity index (χ3v) is 4.81. The molecular weight excluding hydrogens is 436 g/mol. The number of aromatic nitrogens is 1. The van der Waals surface area contributed by atoms with Gasteiger partial charge in [0, 0.05) is 31.6 Å².